The highest BCUT2D eigenvalue weighted by atomic mass is 32.2. The van der Waals surface area contributed by atoms with Gasteiger partial charge in [0.25, 0.3) is 0 Å². The molecule has 0 fully saturated rings. The maximum Gasteiger partial charge on any atom is 0.417 e. The molecule has 0 aliphatic rings. The Bertz CT molecular complexity index is 368. The number of benzene rings is 1. The second-order valence-electron chi connectivity index (χ2n) is 4.65. The van der Waals surface area contributed by atoms with E-state index in [-0.39, 0.29) is 5.41 Å². The van der Waals surface area contributed by atoms with E-state index in [1.165, 1.54) is 28.9 Å². The molecule has 1 amide bonds. The number of rotatable bonds is 2. The lowest BCUT2D eigenvalue weighted by Crippen LogP contribution is -2.16. The minimum Gasteiger partial charge on any atom is -0.464 e. The van der Waals surface area contributed by atoms with Crippen LogP contribution in [-0.4, -0.2) is 22.6 Å². The summed E-state index contributed by atoms with van der Waals surface area (Å²) in [4.78, 5) is 11.6. The van der Waals surface area contributed by atoms with Gasteiger partial charge < -0.3 is 5.11 Å². The zero-order valence-corrected chi connectivity index (χ0v) is 10.8. The molecule has 4 heteroatoms. The average molecular weight is 239 g/mol. The minimum absolute atomic E-state index is 0.127. The average Bonchev–Trinajstić information content (AvgIpc) is 2.17. The number of carboxylic acid groups (broad SMARTS) is 1. The first kappa shape index (κ1) is 12.9. The Morgan fingerprint density at radius 1 is 1.25 bits per heavy atom. The SMILES string of the molecule is CN(Sc1ccc(C(C)(C)C)cc1)C(=O)O. The van der Waals surface area contributed by atoms with Crippen molar-refractivity contribution in [1.82, 2.24) is 4.31 Å². The molecule has 1 rings (SSSR count). The Kier molecular flexibility index (Phi) is 3.86. The zero-order valence-electron chi connectivity index (χ0n) is 10.0. The molecule has 0 saturated heterocycles. The summed E-state index contributed by atoms with van der Waals surface area (Å²) in [7, 11) is 1.53. The van der Waals surface area contributed by atoms with Gasteiger partial charge in [0, 0.05) is 11.9 Å². The summed E-state index contributed by atoms with van der Waals surface area (Å²) < 4.78 is 1.19. The number of nitrogens with zero attached hydrogens (tertiary/aromatic N) is 1. The van der Waals surface area contributed by atoms with E-state index < -0.39 is 6.09 Å². The molecular weight excluding hydrogens is 222 g/mol. The van der Waals surface area contributed by atoms with Gasteiger partial charge in [-0.3, -0.25) is 4.31 Å². The molecule has 88 valence electrons. The van der Waals surface area contributed by atoms with Crippen LogP contribution in [0, 0.1) is 0 Å². The molecule has 1 aromatic rings. The van der Waals surface area contributed by atoms with Gasteiger partial charge in [-0.25, -0.2) is 4.79 Å². The van der Waals surface area contributed by atoms with Crippen molar-refractivity contribution in [1.29, 1.82) is 0 Å². The molecule has 0 aliphatic heterocycles. The fraction of sp³-hybridized carbons (Fsp3) is 0.417. The maximum atomic E-state index is 10.6. The first-order valence-corrected chi connectivity index (χ1v) is 5.83. The van der Waals surface area contributed by atoms with Crippen molar-refractivity contribution in [3.05, 3.63) is 29.8 Å². The Morgan fingerprint density at radius 3 is 2.12 bits per heavy atom. The monoisotopic (exact) mass is 239 g/mol. The van der Waals surface area contributed by atoms with Crippen LogP contribution in [0.2, 0.25) is 0 Å². The molecule has 16 heavy (non-hydrogen) atoms. The van der Waals surface area contributed by atoms with Crippen molar-refractivity contribution in [3.63, 3.8) is 0 Å². The highest BCUT2D eigenvalue weighted by molar-refractivity contribution is 7.97. The summed E-state index contributed by atoms with van der Waals surface area (Å²) in [5.41, 5.74) is 1.37. The topological polar surface area (TPSA) is 40.5 Å². The summed E-state index contributed by atoms with van der Waals surface area (Å²) >= 11 is 1.20. The Hall–Kier alpha value is -1.16. The van der Waals surface area contributed by atoms with Crippen molar-refractivity contribution >= 4 is 18.0 Å². The molecule has 0 heterocycles. The molecule has 1 aromatic carbocycles. The zero-order chi connectivity index (χ0) is 12.3. The molecule has 0 spiro atoms. The molecule has 0 aromatic heterocycles. The number of hydrogen-bond acceptors (Lipinski definition) is 2. The lowest BCUT2D eigenvalue weighted by Gasteiger charge is -2.19. The van der Waals surface area contributed by atoms with Crippen molar-refractivity contribution in [2.75, 3.05) is 7.05 Å². The Morgan fingerprint density at radius 2 is 1.75 bits per heavy atom. The van der Waals surface area contributed by atoms with Crippen molar-refractivity contribution in [2.45, 2.75) is 31.1 Å². The predicted octanol–water partition coefficient (Wildman–Crippen LogP) is 3.60. The van der Waals surface area contributed by atoms with E-state index in [4.69, 9.17) is 5.11 Å². The quantitative estimate of drug-likeness (QED) is 0.802. The minimum atomic E-state index is -0.940. The first-order valence-electron chi connectivity index (χ1n) is 5.06. The van der Waals surface area contributed by atoms with Gasteiger partial charge in [-0.05, 0) is 35.1 Å². The van der Waals surface area contributed by atoms with Crippen LogP contribution in [0.3, 0.4) is 0 Å². The van der Waals surface area contributed by atoms with E-state index in [0.29, 0.717) is 0 Å². The fourth-order valence-electron chi connectivity index (χ4n) is 1.21. The number of hydrogen-bond donors (Lipinski definition) is 1. The maximum absolute atomic E-state index is 10.6. The summed E-state index contributed by atoms with van der Waals surface area (Å²) in [6.07, 6.45) is -0.940. The predicted molar refractivity (Wildman–Crippen MR) is 66.8 cm³/mol. The summed E-state index contributed by atoms with van der Waals surface area (Å²) in [5.74, 6) is 0. The molecule has 0 radical (unpaired) electrons. The highest BCUT2D eigenvalue weighted by Gasteiger charge is 2.13. The second-order valence-corrected chi connectivity index (χ2v) is 5.85. The van der Waals surface area contributed by atoms with E-state index in [9.17, 15) is 4.79 Å². The molecule has 0 saturated carbocycles. The third-order valence-electron chi connectivity index (χ3n) is 2.23. The van der Waals surface area contributed by atoms with Gasteiger partial charge >= 0.3 is 6.09 Å². The summed E-state index contributed by atoms with van der Waals surface area (Å²) in [6.45, 7) is 6.45. The molecule has 0 atom stereocenters. The Labute approximate surface area is 101 Å². The van der Waals surface area contributed by atoms with Crippen LogP contribution in [0.5, 0.6) is 0 Å². The summed E-state index contributed by atoms with van der Waals surface area (Å²) in [5, 5.41) is 8.73. The van der Waals surface area contributed by atoms with Crippen LogP contribution in [0.15, 0.2) is 29.2 Å². The van der Waals surface area contributed by atoms with Crippen molar-refractivity contribution in [3.8, 4) is 0 Å². The Balaban J connectivity index is 2.76. The van der Waals surface area contributed by atoms with Gasteiger partial charge in [0.1, 0.15) is 0 Å². The second kappa shape index (κ2) is 4.78. The molecule has 0 bridgehead atoms. The standard InChI is InChI=1S/C12H17NO2S/c1-12(2,3)9-5-7-10(8-6-9)16-13(4)11(14)15/h5-8H,1-4H3,(H,14,15). The lowest BCUT2D eigenvalue weighted by atomic mass is 9.87. The normalized spacial score (nSPS) is 11.2. The number of amides is 1. The van der Waals surface area contributed by atoms with Gasteiger partial charge in [-0.1, -0.05) is 32.9 Å². The van der Waals surface area contributed by atoms with E-state index in [2.05, 4.69) is 20.8 Å². The van der Waals surface area contributed by atoms with E-state index >= 15 is 0 Å². The van der Waals surface area contributed by atoms with Gasteiger partial charge in [-0.15, -0.1) is 0 Å². The van der Waals surface area contributed by atoms with Gasteiger partial charge in [-0.2, -0.15) is 0 Å². The number of carbonyl (C=O) groups is 1. The molecule has 3 nitrogen and oxygen atoms in total. The van der Waals surface area contributed by atoms with E-state index in [1.54, 1.807) is 0 Å². The molecule has 0 unspecified atom stereocenters. The van der Waals surface area contributed by atoms with Gasteiger partial charge in [0.05, 0.1) is 0 Å². The third kappa shape index (κ3) is 3.45. The van der Waals surface area contributed by atoms with Crippen LogP contribution in [-0.2, 0) is 5.41 Å². The van der Waals surface area contributed by atoms with E-state index in [0.717, 1.165) is 4.90 Å². The van der Waals surface area contributed by atoms with Crippen LogP contribution in [0.4, 0.5) is 4.79 Å². The van der Waals surface area contributed by atoms with E-state index in [1.807, 2.05) is 24.3 Å². The smallest absolute Gasteiger partial charge is 0.417 e. The largest absolute Gasteiger partial charge is 0.464 e. The highest BCUT2D eigenvalue weighted by Crippen LogP contribution is 2.26. The lowest BCUT2D eigenvalue weighted by molar-refractivity contribution is 0.181. The van der Waals surface area contributed by atoms with Crippen LogP contribution >= 0.6 is 11.9 Å². The fourth-order valence-corrected chi connectivity index (χ4v) is 1.87. The molecular formula is C12H17NO2S. The summed E-state index contributed by atoms with van der Waals surface area (Å²) in [6, 6.07) is 7.98. The van der Waals surface area contributed by atoms with Crippen molar-refractivity contribution < 1.29 is 9.90 Å². The first-order chi connectivity index (χ1) is 7.30. The van der Waals surface area contributed by atoms with Crippen LogP contribution in [0.25, 0.3) is 0 Å². The van der Waals surface area contributed by atoms with Gasteiger partial charge in [0.2, 0.25) is 0 Å². The van der Waals surface area contributed by atoms with Crippen LogP contribution < -0.4 is 0 Å². The van der Waals surface area contributed by atoms with Gasteiger partial charge in [0.15, 0.2) is 0 Å². The van der Waals surface area contributed by atoms with Crippen molar-refractivity contribution in [2.24, 2.45) is 0 Å². The molecule has 0 aliphatic carbocycles. The molecule has 1 N–H and O–H groups in total. The van der Waals surface area contributed by atoms with Crippen LogP contribution in [0.1, 0.15) is 26.3 Å². The third-order valence-corrected chi connectivity index (χ3v) is 3.15.